The predicted octanol–water partition coefficient (Wildman–Crippen LogP) is -0.108. The first kappa shape index (κ1) is 61.0. The number of hydroxylamine groups is 3. The normalized spacial score (nSPS) is 13.4. The summed E-state index contributed by atoms with van der Waals surface area (Å²) in [4.78, 5) is 131. The molecule has 2 atom stereocenters. The highest BCUT2D eigenvalue weighted by Crippen LogP contribution is 2.44. The summed E-state index contributed by atoms with van der Waals surface area (Å²) in [6.45, 7) is 0.142. The molecule has 4 rings (SSSR count). The Morgan fingerprint density at radius 1 is 0.587 bits per heavy atom. The van der Waals surface area contributed by atoms with Gasteiger partial charge in [-0.1, -0.05) is 71.1 Å². The number of benzene rings is 2. The molecule has 1 aliphatic heterocycles. The smallest absolute Gasteiger partial charge is 0.432 e. The van der Waals surface area contributed by atoms with Crippen LogP contribution in [0.1, 0.15) is 68.4 Å². The van der Waals surface area contributed by atoms with Crippen molar-refractivity contribution < 1.29 is 81.3 Å². The van der Waals surface area contributed by atoms with E-state index in [9.17, 15) is 47.9 Å². The SMILES string of the molecule is NC(=O)[C@H](CCCCNC(=O)CI)NC(=O)[C@H](CCCCNC(=O)CONC(=O)OCC1c2ccccc2-c2ccccc21)NC(=O)COCCOCCNC(=O)COCCOCCNC(=O)ON1C(=O)CCC1=O. The summed E-state index contributed by atoms with van der Waals surface area (Å²) >= 11 is 1.94. The standard InChI is InChI=1S/C48H66IN9O17/c49-27-39(59)51-17-7-5-13-37(45(50)65)56-46(66)38(14-6-8-18-52-41(61)31-74-57-48(68)73-28-36-34-11-3-1-9-32(34)33-10-2-4-12-35(33)36)55-42(62)30-72-26-24-69-21-19-53-40(60)29-71-25-23-70-22-20-54-47(67)75-58-43(63)15-16-44(58)64/h1-4,9-12,36-38H,5-8,13-31H2,(H2,50,65)(H,51,59)(H,52,61)(H,53,60)(H,54,67)(H,55,62)(H,56,66)(H,57,68)/t37-,38-/m0/s1. The number of nitrogens with zero attached hydrogens (tertiary/aromatic N) is 1. The lowest BCUT2D eigenvalue weighted by Crippen LogP contribution is -2.53. The van der Waals surface area contributed by atoms with Crippen LogP contribution < -0.4 is 43.1 Å². The maximum absolute atomic E-state index is 13.4. The molecule has 10 amide bonds. The summed E-state index contributed by atoms with van der Waals surface area (Å²) in [5.41, 5.74) is 12.0. The maximum Gasteiger partial charge on any atom is 0.432 e. The number of amides is 10. The van der Waals surface area contributed by atoms with E-state index in [0.29, 0.717) is 41.7 Å². The number of unbranched alkanes of at least 4 members (excludes halogenated alkanes) is 2. The minimum atomic E-state index is -1.10. The van der Waals surface area contributed by atoms with E-state index in [-0.39, 0.29) is 110 Å². The van der Waals surface area contributed by atoms with Crippen molar-refractivity contribution in [2.24, 2.45) is 5.73 Å². The van der Waals surface area contributed by atoms with Gasteiger partial charge in [-0.2, -0.15) is 5.48 Å². The molecule has 75 heavy (non-hydrogen) atoms. The van der Waals surface area contributed by atoms with Crippen molar-refractivity contribution in [2.75, 3.05) is 96.7 Å². The first-order chi connectivity index (χ1) is 36.3. The zero-order valence-electron chi connectivity index (χ0n) is 41.5. The van der Waals surface area contributed by atoms with Crippen LogP contribution in [0, 0.1) is 0 Å². The van der Waals surface area contributed by atoms with Crippen molar-refractivity contribution in [2.45, 2.75) is 69.4 Å². The molecular weight excluding hydrogens is 1100 g/mol. The quantitative estimate of drug-likeness (QED) is 0.0144. The van der Waals surface area contributed by atoms with E-state index in [1.54, 1.807) is 0 Å². The molecule has 27 heteroatoms. The topological polar surface area (TPSA) is 349 Å². The molecule has 0 aromatic heterocycles. The van der Waals surface area contributed by atoms with E-state index in [4.69, 9.17) is 34.3 Å². The van der Waals surface area contributed by atoms with E-state index < -0.39 is 78.8 Å². The van der Waals surface area contributed by atoms with Crippen LogP contribution in [-0.2, 0) is 71.7 Å². The lowest BCUT2D eigenvalue weighted by atomic mass is 9.98. The molecular formula is C48H66IN9O17. The summed E-state index contributed by atoms with van der Waals surface area (Å²) < 4.78 is 27.1. The van der Waals surface area contributed by atoms with E-state index in [2.05, 4.69) is 42.2 Å². The van der Waals surface area contributed by atoms with Crippen LogP contribution in [-0.4, -0.2) is 173 Å². The fraction of sp³-hybridized carbons (Fsp3) is 0.542. The first-order valence-corrected chi connectivity index (χ1v) is 25.9. The molecule has 2 aromatic carbocycles. The van der Waals surface area contributed by atoms with Gasteiger partial charge in [0.15, 0.2) is 6.61 Å². The Bertz CT molecular complexity index is 2180. The molecule has 0 bridgehead atoms. The van der Waals surface area contributed by atoms with Crippen LogP contribution in [0.15, 0.2) is 48.5 Å². The number of carbonyl (C=O) groups is 10. The van der Waals surface area contributed by atoms with Crippen molar-refractivity contribution >= 4 is 82.0 Å². The van der Waals surface area contributed by atoms with Gasteiger partial charge in [0.1, 0.15) is 31.9 Å². The van der Waals surface area contributed by atoms with Gasteiger partial charge in [0.2, 0.25) is 35.4 Å². The Labute approximate surface area is 446 Å². The van der Waals surface area contributed by atoms with Gasteiger partial charge in [0.25, 0.3) is 11.8 Å². The van der Waals surface area contributed by atoms with E-state index >= 15 is 0 Å². The van der Waals surface area contributed by atoms with Gasteiger partial charge < -0.3 is 66.2 Å². The van der Waals surface area contributed by atoms with Crippen LogP contribution in [0.25, 0.3) is 11.1 Å². The third-order valence-corrected chi connectivity index (χ3v) is 11.8. The highest BCUT2D eigenvalue weighted by atomic mass is 127. The van der Waals surface area contributed by atoms with E-state index in [1.807, 2.05) is 71.1 Å². The Morgan fingerprint density at radius 2 is 1.11 bits per heavy atom. The number of nitrogens with two attached hydrogens (primary N) is 1. The Hall–Kier alpha value is -6.53. The lowest BCUT2D eigenvalue weighted by molar-refractivity contribution is -0.171. The van der Waals surface area contributed by atoms with Crippen LogP contribution in [0.4, 0.5) is 9.59 Å². The molecule has 1 saturated heterocycles. The van der Waals surface area contributed by atoms with E-state index in [0.717, 1.165) is 22.3 Å². The van der Waals surface area contributed by atoms with Crippen LogP contribution >= 0.6 is 22.6 Å². The van der Waals surface area contributed by atoms with Crippen LogP contribution in [0.5, 0.6) is 0 Å². The van der Waals surface area contributed by atoms with Gasteiger partial charge in [0.05, 0.1) is 44.1 Å². The second-order valence-electron chi connectivity index (χ2n) is 16.7. The Kier molecular flexibility index (Phi) is 28.4. The van der Waals surface area contributed by atoms with Crippen LogP contribution in [0.3, 0.4) is 0 Å². The summed E-state index contributed by atoms with van der Waals surface area (Å²) in [5, 5.41) is 16.0. The van der Waals surface area contributed by atoms with Gasteiger partial charge in [-0.25, -0.2) is 9.59 Å². The minimum absolute atomic E-state index is 0.00248. The highest BCUT2D eigenvalue weighted by Gasteiger charge is 2.33. The van der Waals surface area contributed by atoms with Crippen molar-refractivity contribution in [1.29, 1.82) is 0 Å². The number of halogens is 1. The number of hydrogen-bond donors (Lipinski definition) is 8. The molecule has 2 aliphatic rings. The largest absolute Gasteiger partial charge is 0.447 e. The number of fused-ring (bicyclic) bond motifs is 3. The first-order valence-electron chi connectivity index (χ1n) is 24.4. The average molecular weight is 1170 g/mol. The number of ether oxygens (including phenoxy) is 5. The second-order valence-corrected chi connectivity index (χ2v) is 17.5. The van der Waals surface area contributed by atoms with Gasteiger partial charge in [-0.15, -0.1) is 5.06 Å². The Balaban J connectivity index is 1.07. The van der Waals surface area contributed by atoms with Crippen molar-refractivity contribution in [1.82, 2.24) is 42.4 Å². The predicted molar refractivity (Wildman–Crippen MR) is 272 cm³/mol. The molecule has 0 radical (unpaired) electrons. The van der Waals surface area contributed by atoms with Gasteiger partial charge in [-0.05, 0) is 60.8 Å². The molecule has 1 fully saturated rings. The fourth-order valence-corrected chi connectivity index (χ4v) is 7.70. The summed E-state index contributed by atoms with van der Waals surface area (Å²) in [5.74, 6) is -4.46. The van der Waals surface area contributed by atoms with Crippen LogP contribution in [0.2, 0.25) is 0 Å². The Morgan fingerprint density at radius 3 is 1.71 bits per heavy atom. The van der Waals surface area contributed by atoms with Gasteiger partial charge >= 0.3 is 12.2 Å². The molecule has 0 spiro atoms. The van der Waals surface area contributed by atoms with Crippen molar-refractivity contribution in [3.63, 3.8) is 0 Å². The number of primary amides is 1. The van der Waals surface area contributed by atoms with Crippen molar-refractivity contribution in [3.05, 3.63) is 59.7 Å². The third-order valence-electron chi connectivity index (χ3n) is 11.1. The number of nitrogens with one attached hydrogen (secondary N) is 7. The monoisotopic (exact) mass is 1170 g/mol. The minimum Gasteiger partial charge on any atom is -0.447 e. The average Bonchev–Trinajstić information content (AvgIpc) is 3.89. The van der Waals surface area contributed by atoms with Crippen molar-refractivity contribution in [3.8, 4) is 11.1 Å². The number of imide groups is 1. The molecule has 1 aliphatic carbocycles. The molecule has 1 heterocycles. The second kappa shape index (κ2) is 34.9. The zero-order valence-corrected chi connectivity index (χ0v) is 43.6. The fourth-order valence-electron chi connectivity index (χ4n) is 7.43. The molecule has 0 saturated carbocycles. The van der Waals surface area contributed by atoms with Gasteiger partial charge in [0, 0.05) is 44.9 Å². The molecule has 26 nitrogen and oxygen atoms in total. The number of alkyl halides is 1. The third kappa shape index (κ3) is 23.3. The molecule has 9 N–H and O–H groups in total. The van der Waals surface area contributed by atoms with E-state index in [1.165, 1.54) is 0 Å². The molecule has 412 valence electrons. The lowest BCUT2D eigenvalue weighted by Gasteiger charge is -2.22. The van der Waals surface area contributed by atoms with Gasteiger partial charge in [-0.3, -0.25) is 43.2 Å². The summed E-state index contributed by atoms with van der Waals surface area (Å²) in [6.07, 6.45) is 0.175. The molecule has 0 unspecified atom stereocenters. The highest BCUT2D eigenvalue weighted by molar-refractivity contribution is 14.1. The zero-order chi connectivity index (χ0) is 54.2. The number of hydrogen-bond acceptors (Lipinski definition) is 17. The summed E-state index contributed by atoms with van der Waals surface area (Å²) in [6, 6.07) is 13.6. The molecule has 2 aromatic rings. The summed E-state index contributed by atoms with van der Waals surface area (Å²) in [7, 11) is 0. The maximum atomic E-state index is 13.4. The number of carbonyl (C=O) groups excluding carboxylic acids is 10. The number of rotatable bonds is 37.